The van der Waals surface area contributed by atoms with Crippen molar-refractivity contribution in [1.29, 1.82) is 0 Å². The number of aliphatic hydroxyl groups is 1. The lowest BCUT2D eigenvalue weighted by atomic mass is 9.84. The van der Waals surface area contributed by atoms with Gasteiger partial charge in [-0.2, -0.15) is 22.0 Å². The third kappa shape index (κ3) is 4.55. The number of rotatable bonds is 6. The summed E-state index contributed by atoms with van der Waals surface area (Å²) in [6.45, 7) is -1.02. The number of benzene rings is 1. The number of hydrogen-bond donors (Lipinski definition) is 1. The summed E-state index contributed by atoms with van der Waals surface area (Å²) in [5, 5.41) is 21.2. The highest BCUT2D eigenvalue weighted by Gasteiger charge is 2.58. The summed E-state index contributed by atoms with van der Waals surface area (Å²) >= 11 is 0. The number of allylic oxidation sites excluding steroid dienone is 2. The van der Waals surface area contributed by atoms with Crippen molar-refractivity contribution in [1.82, 2.24) is 30.1 Å². The van der Waals surface area contributed by atoms with Crippen LogP contribution < -0.4 is 0 Å². The second-order valence-corrected chi connectivity index (χ2v) is 8.09. The van der Waals surface area contributed by atoms with Crippen LogP contribution in [0.2, 0.25) is 0 Å². The number of pyridine rings is 1. The maximum Gasteiger partial charge on any atom is 0.417 e. The van der Waals surface area contributed by atoms with Gasteiger partial charge in [0.25, 0.3) is 0 Å². The SMILES string of the molecule is CN1C=C(C(F)(F)F)C=CC1c1ccc(C(F)(F)C(O)(Cn2cnnn2)c2ccc(F)cc2F)nc1. The van der Waals surface area contributed by atoms with Crippen molar-refractivity contribution in [2.45, 2.75) is 30.3 Å². The largest absolute Gasteiger partial charge is 0.417 e. The highest BCUT2D eigenvalue weighted by atomic mass is 19.4. The zero-order valence-electron chi connectivity index (χ0n) is 18.3. The van der Waals surface area contributed by atoms with Crippen LogP contribution in [0.25, 0.3) is 0 Å². The number of halogens is 7. The molecule has 3 aromatic rings. The fourth-order valence-electron chi connectivity index (χ4n) is 3.83. The molecule has 0 aliphatic carbocycles. The number of tetrazole rings is 1. The Labute approximate surface area is 199 Å². The lowest BCUT2D eigenvalue weighted by Crippen LogP contribution is -2.48. The average Bonchev–Trinajstić information content (AvgIpc) is 3.31. The van der Waals surface area contributed by atoms with Gasteiger partial charge in [0.2, 0.25) is 0 Å². The summed E-state index contributed by atoms with van der Waals surface area (Å²) in [4.78, 5) is 4.96. The van der Waals surface area contributed by atoms with Crippen molar-refractivity contribution >= 4 is 0 Å². The van der Waals surface area contributed by atoms with E-state index in [-0.39, 0.29) is 5.56 Å². The molecule has 7 nitrogen and oxygen atoms in total. The molecule has 1 N–H and O–H groups in total. The van der Waals surface area contributed by atoms with E-state index in [1.165, 1.54) is 24.1 Å². The van der Waals surface area contributed by atoms with Crippen molar-refractivity contribution in [3.05, 3.63) is 95.2 Å². The molecule has 3 heterocycles. The number of likely N-dealkylation sites (N-methyl/N-ethyl adjacent to an activating group) is 1. The van der Waals surface area contributed by atoms with Gasteiger partial charge in [-0.1, -0.05) is 18.2 Å². The van der Waals surface area contributed by atoms with Gasteiger partial charge < -0.3 is 10.0 Å². The first-order valence-corrected chi connectivity index (χ1v) is 10.2. The molecule has 0 saturated carbocycles. The summed E-state index contributed by atoms with van der Waals surface area (Å²) in [5.41, 5.74) is -5.80. The van der Waals surface area contributed by atoms with Gasteiger partial charge in [0.15, 0.2) is 5.60 Å². The molecule has 190 valence electrons. The van der Waals surface area contributed by atoms with Crippen molar-refractivity contribution in [2.24, 2.45) is 0 Å². The van der Waals surface area contributed by atoms with Crippen molar-refractivity contribution in [3.63, 3.8) is 0 Å². The molecule has 0 spiro atoms. The minimum Gasteiger partial charge on any atom is -0.377 e. The summed E-state index contributed by atoms with van der Waals surface area (Å²) in [6.07, 6.45) is 0.358. The topological polar surface area (TPSA) is 80.0 Å². The van der Waals surface area contributed by atoms with E-state index < -0.39 is 58.8 Å². The van der Waals surface area contributed by atoms with Gasteiger partial charge in [0.05, 0.1) is 18.2 Å². The van der Waals surface area contributed by atoms with E-state index in [9.17, 15) is 27.1 Å². The second-order valence-electron chi connectivity index (χ2n) is 8.09. The number of nitrogens with zero attached hydrogens (tertiary/aromatic N) is 6. The van der Waals surface area contributed by atoms with Crippen LogP contribution in [0.1, 0.15) is 22.9 Å². The Morgan fingerprint density at radius 2 is 1.81 bits per heavy atom. The molecule has 1 aliphatic rings. The molecule has 0 saturated heterocycles. The lowest BCUT2D eigenvalue weighted by molar-refractivity contribution is -0.207. The molecule has 0 bridgehead atoms. The van der Waals surface area contributed by atoms with Crippen LogP contribution in [0.15, 0.2) is 66.8 Å². The van der Waals surface area contributed by atoms with Gasteiger partial charge >= 0.3 is 12.1 Å². The van der Waals surface area contributed by atoms with E-state index in [1.54, 1.807) is 0 Å². The summed E-state index contributed by atoms with van der Waals surface area (Å²) in [7, 11) is 1.38. The molecule has 2 unspecified atom stereocenters. The number of hydrogen-bond acceptors (Lipinski definition) is 6. The molecule has 0 radical (unpaired) electrons. The van der Waals surface area contributed by atoms with Gasteiger partial charge in [0.1, 0.15) is 23.7 Å². The van der Waals surface area contributed by atoms with Crippen LogP contribution in [0.4, 0.5) is 30.7 Å². The zero-order chi connectivity index (χ0) is 26.3. The second kappa shape index (κ2) is 9.00. The normalized spacial score (nSPS) is 18.2. The average molecular weight is 514 g/mol. The van der Waals surface area contributed by atoms with Crippen LogP contribution in [0.3, 0.4) is 0 Å². The molecule has 14 heteroatoms. The number of aromatic nitrogens is 5. The highest BCUT2D eigenvalue weighted by molar-refractivity contribution is 5.35. The monoisotopic (exact) mass is 514 g/mol. The third-order valence-corrected chi connectivity index (χ3v) is 5.69. The third-order valence-electron chi connectivity index (χ3n) is 5.69. The van der Waals surface area contributed by atoms with E-state index in [1.807, 2.05) is 0 Å². The minimum absolute atomic E-state index is 0.280. The highest BCUT2D eigenvalue weighted by Crippen LogP contribution is 2.47. The van der Waals surface area contributed by atoms with E-state index in [2.05, 4.69) is 20.5 Å². The van der Waals surface area contributed by atoms with Gasteiger partial charge in [-0.15, -0.1) is 5.10 Å². The quantitative estimate of drug-likeness (QED) is 0.501. The Balaban J connectivity index is 1.70. The molecule has 2 atom stereocenters. The van der Waals surface area contributed by atoms with E-state index in [0.717, 1.165) is 35.5 Å². The molecule has 1 aromatic carbocycles. The first-order valence-electron chi connectivity index (χ1n) is 10.2. The fourth-order valence-corrected chi connectivity index (χ4v) is 3.83. The van der Waals surface area contributed by atoms with E-state index in [4.69, 9.17) is 0 Å². The molecular formula is C22H17F7N6O. The predicted molar refractivity (Wildman–Crippen MR) is 110 cm³/mol. The van der Waals surface area contributed by atoms with Crippen molar-refractivity contribution in [3.8, 4) is 0 Å². The van der Waals surface area contributed by atoms with Crippen LogP contribution in [-0.4, -0.2) is 48.4 Å². The molecule has 36 heavy (non-hydrogen) atoms. The molecular weight excluding hydrogens is 497 g/mol. The van der Waals surface area contributed by atoms with Crippen LogP contribution in [0, 0.1) is 11.6 Å². The standard InChI is InChI=1S/C22H17F7N6O/c1-34-10-14(22(27,28)29)3-6-18(34)13-2-7-19(30-9-13)21(25,26)20(36,11-35-12-31-32-33-35)16-5-4-15(23)8-17(16)24/h2-10,12,18,36H,11H2,1H3. The van der Waals surface area contributed by atoms with Crippen molar-refractivity contribution in [2.75, 3.05) is 7.05 Å². The molecule has 0 fully saturated rings. The molecule has 4 rings (SSSR count). The van der Waals surface area contributed by atoms with Gasteiger partial charge in [-0.05, 0) is 34.2 Å². The summed E-state index contributed by atoms with van der Waals surface area (Å²) < 4.78 is 99.1. The molecule has 1 aliphatic heterocycles. The first-order chi connectivity index (χ1) is 16.8. The van der Waals surface area contributed by atoms with Crippen LogP contribution in [-0.2, 0) is 18.1 Å². The predicted octanol–water partition coefficient (Wildman–Crippen LogP) is 4.02. The van der Waals surface area contributed by atoms with Crippen LogP contribution in [0.5, 0.6) is 0 Å². The van der Waals surface area contributed by atoms with Gasteiger partial charge in [-0.25, -0.2) is 13.5 Å². The summed E-state index contributed by atoms with van der Waals surface area (Å²) in [5.74, 6) is -6.73. The minimum atomic E-state index is -4.56. The molecule has 0 amide bonds. The summed E-state index contributed by atoms with van der Waals surface area (Å²) in [6, 6.07) is 3.08. The Morgan fingerprint density at radius 1 is 1.06 bits per heavy atom. The lowest BCUT2D eigenvalue weighted by Gasteiger charge is -2.36. The Bertz CT molecular complexity index is 1290. The maximum absolute atomic E-state index is 15.8. The van der Waals surface area contributed by atoms with E-state index >= 15 is 8.78 Å². The van der Waals surface area contributed by atoms with Gasteiger partial charge in [-0.3, -0.25) is 4.98 Å². The van der Waals surface area contributed by atoms with Crippen LogP contribution >= 0.6 is 0 Å². The number of alkyl halides is 5. The Morgan fingerprint density at radius 3 is 2.36 bits per heavy atom. The van der Waals surface area contributed by atoms with E-state index in [0.29, 0.717) is 18.2 Å². The fraction of sp³-hybridized carbons (Fsp3) is 0.273. The Hall–Kier alpha value is -3.81. The van der Waals surface area contributed by atoms with Gasteiger partial charge in [0, 0.05) is 31.1 Å². The maximum atomic E-state index is 15.8. The zero-order valence-corrected chi connectivity index (χ0v) is 18.3. The first kappa shape index (κ1) is 25.3. The Kier molecular flexibility index (Phi) is 6.32. The molecule has 2 aromatic heterocycles. The smallest absolute Gasteiger partial charge is 0.377 e. The van der Waals surface area contributed by atoms with Crippen molar-refractivity contribution < 1.29 is 35.8 Å².